The Bertz CT molecular complexity index is 584. The molecule has 2 aromatic rings. The molecule has 0 unspecified atom stereocenters. The highest BCUT2D eigenvalue weighted by atomic mass is 79.9. The Balaban J connectivity index is 2.08. The van der Waals surface area contributed by atoms with Crippen LogP contribution >= 0.6 is 27.5 Å². The van der Waals surface area contributed by atoms with Crippen LogP contribution in [0.1, 0.15) is 11.3 Å². The summed E-state index contributed by atoms with van der Waals surface area (Å²) in [5.74, 6) is 0.749. The molecule has 0 atom stereocenters. The van der Waals surface area contributed by atoms with Gasteiger partial charge in [0.15, 0.2) is 5.82 Å². The molecule has 0 radical (unpaired) electrons. The van der Waals surface area contributed by atoms with Crippen LogP contribution in [0.5, 0.6) is 0 Å². The van der Waals surface area contributed by atoms with Crippen LogP contribution in [0, 0.1) is 0 Å². The van der Waals surface area contributed by atoms with Gasteiger partial charge in [0.2, 0.25) is 0 Å². The van der Waals surface area contributed by atoms with Crippen LogP contribution in [-0.2, 0) is 13.0 Å². The number of hydrogen-bond acceptors (Lipinski definition) is 3. The normalized spacial score (nSPS) is 14.3. The molecule has 3 rings (SSSR count). The summed E-state index contributed by atoms with van der Waals surface area (Å²) in [7, 11) is 0. The number of fused-ring (bicyclic) bond motifs is 1. The predicted molar refractivity (Wildman–Crippen MR) is 75.6 cm³/mol. The summed E-state index contributed by atoms with van der Waals surface area (Å²) in [6.07, 6.45) is 0.942. The van der Waals surface area contributed by atoms with Gasteiger partial charge in [-0.3, -0.25) is 0 Å². The van der Waals surface area contributed by atoms with Crippen molar-refractivity contribution in [1.29, 1.82) is 0 Å². The zero-order chi connectivity index (χ0) is 12.5. The Hall–Kier alpha value is -0.970. The van der Waals surface area contributed by atoms with Gasteiger partial charge < -0.3 is 5.32 Å². The number of rotatable bonds is 1. The van der Waals surface area contributed by atoms with E-state index in [0.29, 0.717) is 0 Å². The van der Waals surface area contributed by atoms with Crippen LogP contribution in [0.25, 0.3) is 11.4 Å². The van der Waals surface area contributed by atoms with Gasteiger partial charge >= 0.3 is 0 Å². The minimum Gasteiger partial charge on any atom is -0.312 e. The predicted octanol–water partition coefficient (Wildman–Crippen LogP) is 3.21. The molecule has 1 aromatic carbocycles. The lowest BCUT2D eigenvalue weighted by molar-refractivity contribution is 0.623. The monoisotopic (exact) mass is 323 g/mol. The summed E-state index contributed by atoms with van der Waals surface area (Å²) in [4.78, 5) is 9.16. The van der Waals surface area contributed by atoms with E-state index in [4.69, 9.17) is 11.6 Å². The van der Waals surface area contributed by atoms with E-state index in [2.05, 4.69) is 31.2 Å². The molecule has 0 saturated carbocycles. The van der Waals surface area contributed by atoms with Crippen LogP contribution in [0.4, 0.5) is 0 Å². The summed E-state index contributed by atoms with van der Waals surface area (Å²) < 4.78 is 0.879. The molecule has 2 heterocycles. The highest BCUT2D eigenvalue weighted by molar-refractivity contribution is 9.10. The minimum absolute atomic E-state index is 0.722. The largest absolute Gasteiger partial charge is 0.312 e. The van der Waals surface area contributed by atoms with E-state index < -0.39 is 0 Å². The molecule has 0 fully saturated rings. The molecule has 0 spiro atoms. The van der Waals surface area contributed by atoms with Crippen molar-refractivity contribution in [3.05, 3.63) is 45.1 Å². The number of aromatic nitrogens is 2. The van der Waals surface area contributed by atoms with Crippen LogP contribution in [0.15, 0.2) is 28.9 Å². The number of benzene rings is 1. The molecule has 3 nitrogen and oxygen atoms in total. The summed E-state index contributed by atoms with van der Waals surface area (Å²) in [6, 6.07) is 7.60. The number of halogens is 2. The fourth-order valence-electron chi connectivity index (χ4n) is 2.03. The van der Waals surface area contributed by atoms with Gasteiger partial charge in [-0.15, -0.1) is 0 Å². The lowest BCUT2D eigenvalue weighted by Gasteiger charge is -2.17. The lowest BCUT2D eigenvalue weighted by atomic mass is 10.1. The molecule has 0 aliphatic carbocycles. The van der Waals surface area contributed by atoms with Crippen LogP contribution in [0.2, 0.25) is 5.02 Å². The number of nitrogens with one attached hydrogen (secondary N) is 1. The van der Waals surface area contributed by atoms with Crippen molar-refractivity contribution in [1.82, 2.24) is 15.3 Å². The third kappa shape index (κ3) is 2.28. The number of hydrogen-bond donors (Lipinski definition) is 1. The van der Waals surface area contributed by atoms with Crippen molar-refractivity contribution in [2.75, 3.05) is 6.54 Å². The highest BCUT2D eigenvalue weighted by Crippen LogP contribution is 2.25. The van der Waals surface area contributed by atoms with E-state index in [1.165, 1.54) is 5.56 Å². The molecule has 0 amide bonds. The lowest BCUT2D eigenvalue weighted by Crippen LogP contribution is -2.25. The Kier molecular flexibility index (Phi) is 3.33. The van der Waals surface area contributed by atoms with E-state index >= 15 is 0 Å². The summed E-state index contributed by atoms with van der Waals surface area (Å²) in [5.41, 5.74) is 3.28. The van der Waals surface area contributed by atoms with Gasteiger partial charge in [0, 0.05) is 35.7 Å². The second-order valence-electron chi connectivity index (χ2n) is 4.20. The molecule has 5 heteroatoms. The first-order valence-corrected chi connectivity index (χ1v) is 6.93. The first-order chi connectivity index (χ1) is 8.74. The molecule has 0 bridgehead atoms. The molecular formula is C13H11BrClN3. The maximum atomic E-state index is 5.89. The van der Waals surface area contributed by atoms with Crippen molar-refractivity contribution < 1.29 is 0 Å². The van der Waals surface area contributed by atoms with Crippen molar-refractivity contribution in [3.63, 3.8) is 0 Å². The maximum Gasteiger partial charge on any atom is 0.160 e. The van der Waals surface area contributed by atoms with Gasteiger partial charge in [0.1, 0.15) is 4.60 Å². The first-order valence-electron chi connectivity index (χ1n) is 5.76. The fraction of sp³-hybridized carbons (Fsp3) is 0.231. The molecular weight excluding hydrogens is 314 g/mol. The first kappa shape index (κ1) is 12.1. The fourth-order valence-corrected chi connectivity index (χ4v) is 2.69. The van der Waals surface area contributed by atoms with Gasteiger partial charge in [0.25, 0.3) is 0 Å². The van der Waals surface area contributed by atoms with Gasteiger partial charge in [-0.2, -0.15) is 0 Å². The zero-order valence-corrected chi connectivity index (χ0v) is 11.9. The molecule has 0 saturated heterocycles. The summed E-state index contributed by atoms with van der Waals surface area (Å²) >= 11 is 9.41. The molecule has 1 aliphatic heterocycles. The molecule has 18 heavy (non-hydrogen) atoms. The third-order valence-electron chi connectivity index (χ3n) is 2.99. The van der Waals surface area contributed by atoms with E-state index in [9.17, 15) is 0 Å². The van der Waals surface area contributed by atoms with Crippen molar-refractivity contribution in [2.24, 2.45) is 0 Å². The Morgan fingerprint density at radius 3 is 2.72 bits per heavy atom. The molecule has 1 N–H and O–H groups in total. The Labute approximate surface area is 119 Å². The molecule has 1 aromatic heterocycles. The second-order valence-corrected chi connectivity index (χ2v) is 5.38. The van der Waals surface area contributed by atoms with E-state index in [1.807, 2.05) is 24.3 Å². The third-order valence-corrected chi connectivity index (χ3v) is 3.89. The SMILES string of the molecule is Clc1ccc(-c2nc(Br)c3c(n2)CCNC3)cc1. The minimum atomic E-state index is 0.722. The van der Waals surface area contributed by atoms with E-state index in [-0.39, 0.29) is 0 Å². The highest BCUT2D eigenvalue weighted by Gasteiger charge is 2.16. The summed E-state index contributed by atoms with van der Waals surface area (Å²) in [6.45, 7) is 1.80. The van der Waals surface area contributed by atoms with Gasteiger partial charge in [0.05, 0.1) is 5.69 Å². The Morgan fingerprint density at radius 2 is 1.94 bits per heavy atom. The van der Waals surface area contributed by atoms with Crippen molar-refractivity contribution >= 4 is 27.5 Å². The standard InChI is InChI=1S/C13H11BrClN3/c14-12-10-7-16-6-5-11(10)17-13(18-12)8-1-3-9(15)4-2-8/h1-4,16H,5-7H2. The van der Waals surface area contributed by atoms with E-state index in [1.54, 1.807) is 0 Å². The van der Waals surface area contributed by atoms with Gasteiger partial charge in [-0.25, -0.2) is 9.97 Å². The average Bonchev–Trinajstić information content (AvgIpc) is 2.39. The summed E-state index contributed by atoms with van der Waals surface area (Å²) in [5, 5.41) is 4.04. The van der Waals surface area contributed by atoms with Crippen LogP contribution in [-0.4, -0.2) is 16.5 Å². The van der Waals surface area contributed by atoms with Crippen molar-refractivity contribution in [3.8, 4) is 11.4 Å². The van der Waals surface area contributed by atoms with E-state index in [0.717, 1.165) is 46.2 Å². The average molecular weight is 325 g/mol. The smallest absolute Gasteiger partial charge is 0.160 e. The topological polar surface area (TPSA) is 37.8 Å². The van der Waals surface area contributed by atoms with Gasteiger partial charge in [-0.1, -0.05) is 11.6 Å². The van der Waals surface area contributed by atoms with Crippen LogP contribution < -0.4 is 5.32 Å². The molecule has 92 valence electrons. The van der Waals surface area contributed by atoms with Crippen molar-refractivity contribution in [2.45, 2.75) is 13.0 Å². The molecule has 1 aliphatic rings. The van der Waals surface area contributed by atoms with Gasteiger partial charge in [-0.05, 0) is 40.2 Å². The zero-order valence-electron chi connectivity index (χ0n) is 9.58. The second kappa shape index (κ2) is 4.96. The Morgan fingerprint density at radius 1 is 1.17 bits per heavy atom. The van der Waals surface area contributed by atoms with Crippen LogP contribution in [0.3, 0.4) is 0 Å². The quantitative estimate of drug-likeness (QED) is 0.819. The number of nitrogens with zero attached hydrogens (tertiary/aromatic N) is 2. The maximum absolute atomic E-state index is 5.89.